The molecule has 6 heteroatoms. The monoisotopic (exact) mass is 268 g/mol. The molecule has 0 saturated heterocycles. The molecule has 0 fully saturated rings. The summed E-state index contributed by atoms with van der Waals surface area (Å²) in [4.78, 5) is 21.2. The number of halogens is 1. The molecule has 0 aliphatic carbocycles. The van der Waals surface area contributed by atoms with E-state index in [1.165, 1.54) is 12.1 Å². The minimum atomic E-state index is -0.843. The van der Waals surface area contributed by atoms with Gasteiger partial charge in [0.25, 0.3) is 0 Å². The highest BCUT2D eigenvalue weighted by Gasteiger charge is 2.10. The Hall–Kier alpha value is -2.11. The molecule has 0 bridgehead atoms. The van der Waals surface area contributed by atoms with Crippen LogP contribution < -0.4 is 11.1 Å². The highest BCUT2D eigenvalue weighted by Crippen LogP contribution is 2.17. The third-order valence-corrected chi connectivity index (χ3v) is 2.68. The summed E-state index contributed by atoms with van der Waals surface area (Å²) >= 11 is 0. The van der Waals surface area contributed by atoms with Crippen LogP contribution in [-0.2, 0) is 4.79 Å². The fourth-order valence-electron chi connectivity index (χ4n) is 1.68. The topological polar surface area (TPSA) is 92.4 Å². The number of hydrogen-bond donors (Lipinski definition) is 3. The van der Waals surface area contributed by atoms with Crippen molar-refractivity contribution in [1.29, 1.82) is 0 Å². The zero-order chi connectivity index (χ0) is 14.4. The molecule has 1 unspecified atom stereocenters. The molecule has 1 rings (SSSR count). The molecule has 0 radical (unpaired) electrons. The molecule has 1 atom stereocenters. The summed E-state index contributed by atoms with van der Waals surface area (Å²) in [6.07, 6.45) is 1.23. The molecule has 1 aromatic carbocycles. The lowest BCUT2D eigenvalue weighted by Gasteiger charge is -2.15. The van der Waals surface area contributed by atoms with Gasteiger partial charge in [-0.2, -0.15) is 0 Å². The van der Waals surface area contributed by atoms with E-state index in [9.17, 15) is 14.0 Å². The first kappa shape index (κ1) is 14.9. The SMILES string of the molecule is CC(CCCC(=O)O)Nc1ccc(C(N)=O)cc1F. The van der Waals surface area contributed by atoms with Crippen LogP contribution in [0.15, 0.2) is 18.2 Å². The quantitative estimate of drug-likeness (QED) is 0.705. The number of nitrogens with two attached hydrogens (primary N) is 1. The Bertz CT molecular complexity index is 477. The van der Waals surface area contributed by atoms with Crippen LogP contribution in [-0.4, -0.2) is 23.0 Å². The first-order chi connectivity index (χ1) is 8.90. The minimum absolute atomic E-state index is 0.0618. The zero-order valence-electron chi connectivity index (χ0n) is 10.6. The number of carbonyl (C=O) groups is 2. The van der Waals surface area contributed by atoms with Crippen molar-refractivity contribution in [3.05, 3.63) is 29.6 Å². The number of rotatable bonds is 7. The number of primary amides is 1. The molecule has 0 spiro atoms. The van der Waals surface area contributed by atoms with E-state index in [0.717, 1.165) is 6.07 Å². The number of carboxylic acids is 1. The maximum Gasteiger partial charge on any atom is 0.303 e. The van der Waals surface area contributed by atoms with Gasteiger partial charge in [-0.1, -0.05) is 0 Å². The van der Waals surface area contributed by atoms with Crippen molar-refractivity contribution in [2.24, 2.45) is 5.73 Å². The summed E-state index contributed by atoms with van der Waals surface area (Å²) in [5.41, 5.74) is 5.43. The van der Waals surface area contributed by atoms with E-state index in [-0.39, 0.29) is 23.7 Å². The standard InChI is InChI=1S/C13H17FN2O3/c1-8(3-2-4-12(17)18)16-11-6-5-9(13(15)19)7-10(11)14/h5-8,16H,2-4H2,1H3,(H2,15,19)(H,17,18). The predicted octanol–water partition coefficient (Wildman–Crippen LogP) is 1.98. The molecule has 0 aromatic heterocycles. The largest absolute Gasteiger partial charge is 0.481 e. The number of carbonyl (C=O) groups excluding carboxylic acids is 1. The Morgan fingerprint density at radius 2 is 2.16 bits per heavy atom. The van der Waals surface area contributed by atoms with Crippen molar-refractivity contribution in [1.82, 2.24) is 0 Å². The van der Waals surface area contributed by atoms with Crippen molar-refractivity contribution in [2.45, 2.75) is 32.2 Å². The van der Waals surface area contributed by atoms with Crippen LogP contribution in [0.5, 0.6) is 0 Å². The summed E-state index contributed by atoms with van der Waals surface area (Å²) in [7, 11) is 0. The van der Waals surface area contributed by atoms with Gasteiger partial charge in [0.2, 0.25) is 5.91 Å². The van der Waals surface area contributed by atoms with Gasteiger partial charge < -0.3 is 16.2 Å². The van der Waals surface area contributed by atoms with Gasteiger partial charge in [-0.05, 0) is 38.0 Å². The molecule has 1 amide bonds. The molecule has 4 N–H and O–H groups in total. The Morgan fingerprint density at radius 3 is 2.68 bits per heavy atom. The van der Waals surface area contributed by atoms with E-state index in [4.69, 9.17) is 10.8 Å². The molecule has 1 aromatic rings. The Balaban J connectivity index is 2.57. The molecule has 19 heavy (non-hydrogen) atoms. The average molecular weight is 268 g/mol. The molecule has 0 aliphatic heterocycles. The van der Waals surface area contributed by atoms with E-state index >= 15 is 0 Å². The predicted molar refractivity (Wildman–Crippen MR) is 69.5 cm³/mol. The van der Waals surface area contributed by atoms with Crippen molar-refractivity contribution >= 4 is 17.6 Å². The van der Waals surface area contributed by atoms with Crippen LogP contribution >= 0.6 is 0 Å². The first-order valence-corrected chi connectivity index (χ1v) is 5.98. The van der Waals surface area contributed by atoms with Gasteiger partial charge in [-0.15, -0.1) is 0 Å². The Labute approximate surface area is 110 Å². The van der Waals surface area contributed by atoms with Crippen molar-refractivity contribution in [2.75, 3.05) is 5.32 Å². The van der Waals surface area contributed by atoms with Crippen molar-refractivity contribution in [3.63, 3.8) is 0 Å². The van der Waals surface area contributed by atoms with Gasteiger partial charge in [0, 0.05) is 18.0 Å². The lowest BCUT2D eigenvalue weighted by Crippen LogP contribution is -2.17. The van der Waals surface area contributed by atoms with E-state index in [1.807, 2.05) is 6.92 Å². The molecule has 0 heterocycles. The number of amides is 1. The third-order valence-electron chi connectivity index (χ3n) is 2.68. The van der Waals surface area contributed by atoms with E-state index in [0.29, 0.717) is 12.8 Å². The van der Waals surface area contributed by atoms with Crippen LogP contribution in [0.2, 0.25) is 0 Å². The Morgan fingerprint density at radius 1 is 1.47 bits per heavy atom. The van der Waals surface area contributed by atoms with Gasteiger partial charge in [-0.25, -0.2) is 4.39 Å². The van der Waals surface area contributed by atoms with Crippen molar-refractivity contribution in [3.8, 4) is 0 Å². The fourth-order valence-corrected chi connectivity index (χ4v) is 1.68. The summed E-state index contributed by atoms with van der Waals surface area (Å²) in [6, 6.07) is 3.91. The normalized spacial score (nSPS) is 11.9. The first-order valence-electron chi connectivity index (χ1n) is 5.98. The summed E-state index contributed by atoms with van der Waals surface area (Å²) in [5.74, 6) is -2.08. The van der Waals surface area contributed by atoms with Crippen LogP contribution in [0.25, 0.3) is 0 Å². The lowest BCUT2D eigenvalue weighted by atomic mass is 10.1. The van der Waals surface area contributed by atoms with Crippen LogP contribution in [0, 0.1) is 5.82 Å². The molecule has 0 saturated carbocycles. The van der Waals surface area contributed by atoms with Crippen LogP contribution in [0.4, 0.5) is 10.1 Å². The van der Waals surface area contributed by atoms with Gasteiger partial charge in [0.15, 0.2) is 0 Å². The van der Waals surface area contributed by atoms with E-state index in [1.54, 1.807) is 0 Å². The molecule has 104 valence electrons. The van der Waals surface area contributed by atoms with Gasteiger partial charge in [0.1, 0.15) is 5.82 Å². The van der Waals surface area contributed by atoms with Crippen LogP contribution in [0.3, 0.4) is 0 Å². The Kier molecular flexibility index (Phi) is 5.29. The number of carboxylic acid groups (broad SMARTS) is 1. The molecule has 0 aliphatic rings. The van der Waals surface area contributed by atoms with Crippen LogP contribution in [0.1, 0.15) is 36.5 Å². The second-order valence-corrected chi connectivity index (χ2v) is 4.39. The van der Waals surface area contributed by atoms with Gasteiger partial charge in [0.05, 0.1) is 5.69 Å². The van der Waals surface area contributed by atoms with Gasteiger partial charge >= 0.3 is 5.97 Å². The smallest absolute Gasteiger partial charge is 0.303 e. The second-order valence-electron chi connectivity index (χ2n) is 4.39. The summed E-state index contributed by atoms with van der Waals surface area (Å²) < 4.78 is 13.7. The number of anilines is 1. The fraction of sp³-hybridized carbons (Fsp3) is 0.385. The number of benzene rings is 1. The number of hydrogen-bond acceptors (Lipinski definition) is 3. The minimum Gasteiger partial charge on any atom is -0.481 e. The summed E-state index contributed by atoms with van der Waals surface area (Å²) in [5, 5.41) is 11.4. The molecular weight excluding hydrogens is 251 g/mol. The number of nitrogens with one attached hydrogen (secondary N) is 1. The third kappa shape index (κ3) is 4.95. The van der Waals surface area contributed by atoms with Crippen molar-refractivity contribution < 1.29 is 19.1 Å². The average Bonchev–Trinajstić information content (AvgIpc) is 2.31. The maximum absolute atomic E-state index is 13.7. The molecule has 5 nitrogen and oxygen atoms in total. The maximum atomic E-state index is 13.7. The number of aliphatic carboxylic acids is 1. The van der Waals surface area contributed by atoms with E-state index in [2.05, 4.69) is 5.32 Å². The highest BCUT2D eigenvalue weighted by molar-refractivity contribution is 5.93. The lowest BCUT2D eigenvalue weighted by molar-refractivity contribution is -0.137. The molecular formula is C13H17FN2O3. The summed E-state index contributed by atoms with van der Waals surface area (Å²) in [6.45, 7) is 1.84. The van der Waals surface area contributed by atoms with E-state index < -0.39 is 17.7 Å². The second kappa shape index (κ2) is 6.72. The van der Waals surface area contributed by atoms with Gasteiger partial charge in [-0.3, -0.25) is 9.59 Å². The highest BCUT2D eigenvalue weighted by atomic mass is 19.1. The zero-order valence-corrected chi connectivity index (χ0v) is 10.6.